The molecule has 82 valence electrons. The molecule has 0 bridgehead atoms. The molecule has 0 radical (unpaired) electrons. The van der Waals surface area contributed by atoms with Crippen LogP contribution < -0.4 is 22.1 Å². The van der Waals surface area contributed by atoms with E-state index in [4.69, 9.17) is 11.5 Å². The summed E-state index contributed by atoms with van der Waals surface area (Å²) in [5.41, 5.74) is 10.8. The lowest BCUT2D eigenvalue weighted by Gasteiger charge is -2.06. The molecule has 0 spiro atoms. The highest BCUT2D eigenvalue weighted by atomic mass is 16.1. The van der Waals surface area contributed by atoms with Crippen LogP contribution in [0.5, 0.6) is 0 Å². The van der Waals surface area contributed by atoms with E-state index in [9.17, 15) is 4.79 Å². The zero-order valence-corrected chi connectivity index (χ0v) is 8.45. The summed E-state index contributed by atoms with van der Waals surface area (Å²) < 4.78 is 0. The highest BCUT2D eigenvalue weighted by Gasteiger charge is 2.02. The van der Waals surface area contributed by atoms with E-state index in [2.05, 4.69) is 20.6 Å². The fourth-order valence-electron chi connectivity index (χ4n) is 1.01. The Kier molecular flexibility index (Phi) is 3.67. The van der Waals surface area contributed by atoms with Crippen molar-refractivity contribution in [1.82, 2.24) is 15.3 Å². The van der Waals surface area contributed by atoms with Crippen LogP contribution in [0.3, 0.4) is 0 Å². The number of anilines is 3. The molecule has 1 aromatic heterocycles. The van der Waals surface area contributed by atoms with E-state index in [-0.39, 0.29) is 24.2 Å². The van der Waals surface area contributed by atoms with E-state index < -0.39 is 0 Å². The van der Waals surface area contributed by atoms with Crippen molar-refractivity contribution >= 4 is 23.5 Å². The van der Waals surface area contributed by atoms with Gasteiger partial charge in [-0.25, -0.2) is 0 Å². The van der Waals surface area contributed by atoms with Crippen LogP contribution in [0.25, 0.3) is 0 Å². The third-order valence-electron chi connectivity index (χ3n) is 1.57. The van der Waals surface area contributed by atoms with Gasteiger partial charge >= 0.3 is 0 Å². The monoisotopic (exact) mass is 210 g/mol. The lowest BCUT2D eigenvalue weighted by molar-refractivity contribution is -0.119. The number of nitrogens with zero attached hydrogens (tertiary/aromatic N) is 2. The van der Waals surface area contributed by atoms with Crippen LogP contribution in [-0.4, -0.2) is 29.0 Å². The van der Waals surface area contributed by atoms with E-state index >= 15 is 0 Å². The molecule has 0 atom stereocenters. The average Bonchev–Trinajstić information content (AvgIpc) is 2.14. The smallest absolute Gasteiger partial charge is 0.239 e. The minimum atomic E-state index is -0.117. The van der Waals surface area contributed by atoms with Gasteiger partial charge in [0.2, 0.25) is 11.9 Å². The summed E-state index contributed by atoms with van der Waals surface area (Å²) in [7, 11) is 0. The maximum atomic E-state index is 11.1. The number of likely N-dealkylation sites (N-methyl/N-ethyl adjacent to an activating group) is 1. The van der Waals surface area contributed by atoms with Crippen molar-refractivity contribution < 1.29 is 4.79 Å². The second-order valence-electron chi connectivity index (χ2n) is 2.84. The van der Waals surface area contributed by atoms with Gasteiger partial charge in [0.1, 0.15) is 11.6 Å². The Morgan fingerprint density at radius 2 is 2.20 bits per heavy atom. The largest absolute Gasteiger partial charge is 0.383 e. The van der Waals surface area contributed by atoms with Crippen molar-refractivity contribution in [3.63, 3.8) is 0 Å². The van der Waals surface area contributed by atoms with Crippen molar-refractivity contribution in [2.24, 2.45) is 0 Å². The molecule has 6 N–H and O–H groups in total. The fraction of sp³-hybridized carbons (Fsp3) is 0.375. The van der Waals surface area contributed by atoms with Gasteiger partial charge in [0.25, 0.3) is 0 Å². The third-order valence-corrected chi connectivity index (χ3v) is 1.57. The Bertz CT molecular complexity index is 333. The molecule has 0 saturated carbocycles. The molecule has 1 heterocycles. The van der Waals surface area contributed by atoms with Gasteiger partial charge in [-0.15, -0.1) is 0 Å². The van der Waals surface area contributed by atoms with Gasteiger partial charge in [-0.1, -0.05) is 0 Å². The van der Waals surface area contributed by atoms with Crippen LogP contribution in [-0.2, 0) is 4.79 Å². The number of aromatic nitrogens is 2. The highest BCUT2D eigenvalue weighted by Crippen LogP contribution is 2.08. The summed E-state index contributed by atoms with van der Waals surface area (Å²) in [6.45, 7) is 2.57. The number of nitrogens with one attached hydrogen (secondary N) is 2. The molecule has 7 nitrogen and oxygen atoms in total. The van der Waals surface area contributed by atoms with Gasteiger partial charge in [-0.05, 0) is 6.92 Å². The number of carbonyl (C=O) groups is 1. The predicted molar refractivity (Wildman–Crippen MR) is 58.0 cm³/mol. The molecular formula is C8H14N6O. The van der Waals surface area contributed by atoms with Gasteiger partial charge < -0.3 is 22.1 Å². The van der Waals surface area contributed by atoms with Crippen molar-refractivity contribution in [2.75, 3.05) is 29.9 Å². The summed E-state index contributed by atoms with van der Waals surface area (Å²) in [4.78, 5) is 18.7. The lowest BCUT2D eigenvalue weighted by Crippen LogP contribution is -2.29. The van der Waals surface area contributed by atoms with E-state index in [1.54, 1.807) is 0 Å². The molecule has 7 heteroatoms. The maximum absolute atomic E-state index is 11.1. The van der Waals surface area contributed by atoms with Crippen LogP contribution in [0.15, 0.2) is 6.07 Å². The van der Waals surface area contributed by atoms with E-state index in [0.717, 1.165) is 0 Å². The van der Waals surface area contributed by atoms with Gasteiger partial charge in [-0.2, -0.15) is 9.97 Å². The normalized spacial score (nSPS) is 9.67. The first-order chi connectivity index (χ1) is 7.11. The quantitative estimate of drug-likeness (QED) is 0.516. The van der Waals surface area contributed by atoms with E-state index in [1.165, 1.54) is 6.07 Å². The Labute approximate surface area is 87.3 Å². The molecule has 1 amide bonds. The molecule has 0 aliphatic rings. The zero-order chi connectivity index (χ0) is 11.3. The van der Waals surface area contributed by atoms with Crippen molar-refractivity contribution in [1.29, 1.82) is 0 Å². The fourth-order valence-corrected chi connectivity index (χ4v) is 1.01. The molecule has 0 aliphatic carbocycles. The van der Waals surface area contributed by atoms with Crippen molar-refractivity contribution in [3.8, 4) is 0 Å². The number of amides is 1. The molecule has 0 unspecified atom stereocenters. The molecule has 0 fully saturated rings. The molecule has 0 aromatic carbocycles. The summed E-state index contributed by atoms with van der Waals surface area (Å²) in [5.74, 6) is 0.661. The van der Waals surface area contributed by atoms with Gasteiger partial charge in [0, 0.05) is 12.6 Å². The number of rotatable bonds is 4. The molecular weight excluding hydrogens is 196 g/mol. The molecule has 15 heavy (non-hydrogen) atoms. The SMILES string of the molecule is CCNC(=O)CNc1cc(N)nc(N)n1. The summed E-state index contributed by atoms with van der Waals surface area (Å²) in [6.07, 6.45) is 0. The van der Waals surface area contributed by atoms with Crippen molar-refractivity contribution in [2.45, 2.75) is 6.92 Å². The summed E-state index contributed by atoms with van der Waals surface area (Å²) in [6, 6.07) is 1.51. The predicted octanol–water partition coefficient (Wildman–Crippen LogP) is -0.811. The van der Waals surface area contributed by atoms with E-state index in [0.29, 0.717) is 12.4 Å². The zero-order valence-electron chi connectivity index (χ0n) is 8.45. The Balaban J connectivity index is 2.54. The van der Waals surface area contributed by atoms with Crippen LogP contribution in [0.2, 0.25) is 0 Å². The Morgan fingerprint density at radius 3 is 2.80 bits per heavy atom. The highest BCUT2D eigenvalue weighted by molar-refractivity contribution is 5.80. The molecule has 0 aliphatic heterocycles. The number of hydrogen-bond donors (Lipinski definition) is 4. The van der Waals surface area contributed by atoms with Gasteiger partial charge in [0.15, 0.2) is 0 Å². The number of hydrogen-bond acceptors (Lipinski definition) is 6. The van der Waals surface area contributed by atoms with Gasteiger partial charge in [-0.3, -0.25) is 4.79 Å². The average molecular weight is 210 g/mol. The second kappa shape index (κ2) is 4.99. The number of nitrogens with two attached hydrogens (primary N) is 2. The first-order valence-corrected chi connectivity index (χ1v) is 4.52. The third kappa shape index (κ3) is 3.67. The van der Waals surface area contributed by atoms with Crippen LogP contribution in [0.4, 0.5) is 17.6 Å². The minimum absolute atomic E-state index is 0.0772. The first kappa shape index (κ1) is 11.0. The van der Waals surface area contributed by atoms with Gasteiger partial charge in [0.05, 0.1) is 6.54 Å². The second-order valence-corrected chi connectivity index (χ2v) is 2.84. The number of carbonyl (C=O) groups excluding carboxylic acids is 1. The van der Waals surface area contributed by atoms with Crippen LogP contribution in [0.1, 0.15) is 6.92 Å². The minimum Gasteiger partial charge on any atom is -0.383 e. The summed E-state index contributed by atoms with van der Waals surface area (Å²) in [5, 5.41) is 5.43. The first-order valence-electron chi connectivity index (χ1n) is 4.52. The van der Waals surface area contributed by atoms with Crippen LogP contribution in [0, 0.1) is 0 Å². The lowest BCUT2D eigenvalue weighted by atomic mass is 10.5. The molecule has 1 aromatic rings. The molecule has 1 rings (SSSR count). The van der Waals surface area contributed by atoms with E-state index in [1.807, 2.05) is 6.92 Å². The standard InChI is InChI=1S/C8H14N6O/c1-2-11-7(15)4-12-6-3-5(9)13-8(10)14-6/h3H,2,4H2,1H3,(H,11,15)(H5,9,10,12,13,14). The summed E-state index contributed by atoms with van der Waals surface area (Å²) >= 11 is 0. The maximum Gasteiger partial charge on any atom is 0.239 e. The molecule has 0 saturated heterocycles. The Hall–Kier alpha value is -2.05. The van der Waals surface area contributed by atoms with Crippen molar-refractivity contribution in [3.05, 3.63) is 6.07 Å². The topological polar surface area (TPSA) is 119 Å². The number of nitrogen functional groups attached to an aromatic ring is 2. The Morgan fingerprint density at radius 1 is 1.47 bits per heavy atom. The van der Waals surface area contributed by atoms with Crippen LogP contribution >= 0.6 is 0 Å².